The molecule has 1 atom stereocenters. The van der Waals surface area contributed by atoms with Crippen LogP contribution >= 0.6 is 0 Å². The summed E-state index contributed by atoms with van der Waals surface area (Å²) >= 11 is 0. The minimum atomic E-state index is -0.845. The van der Waals surface area contributed by atoms with Crippen LogP contribution in [0.1, 0.15) is 42.5 Å². The van der Waals surface area contributed by atoms with Gasteiger partial charge in [0.15, 0.2) is 0 Å². The van der Waals surface area contributed by atoms with E-state index in [9.17, 15) is 9.50 Å². The van der Waals surface area contributed by atoms with Gasteiger partial charge in [0.25, 0.3) is 0 Å². The van der Waals surface area contributed by atoms with Crippen molar-refractivity contribution in [2.45, 2.75) is 46.3 Å². The van der Waals surface area contributed by atoms with Crippen LogP contribution < -0.4 is 0 Å². The van der Waals surface area contributed by atoms with E-state index in [0.29, 0.717) is 12.0 Å². The molecule has 20 heavy (non-hydrogen) atoms. The molecule has 3 nitrogen and oxygen atoms in total. The lowest BCUT2D eigenvalue weighted by Gasteiger charge is -2.13. The second-order valence-electron chi connectivity index (χ2n) is 5.04. The Labute approximate surface area is 119 Å². The SMILES string of the molecule is CCc1cc(CC(O)c2ccc(C)cc2F)n(CC)n1. The van der Waals surface area contributed by atoms with Gasteiger partial charge in [-0.05, 0) is 38.0 Å². The van der Waals surface area contributed by atoms with Crippen molar-refractivity contribution in [2.24, 2.45) is 0 Å². The molecule has 2 aromatic rings. The van der Waals surface area contributed by atoms with Crippen LogP contribution in [0.4, 0.5) is 4.39 Å². The minimum Gasteiger partial charge on any atom is -0.388 e. The van der Waals surface area contributed by atoms with Crippen LogP contribution in [0.5, 0.6) is 0 Å². The zero-order valence-electron chi connectivity index (χ0n) is 12.2. The molecule has 1 aromatic heterocycles. The summed E-state index contributed by atoms with van der Waals surface area (Å²) < 4.78 is 15.7. The number of aryl methyl sites for hydroxylation is 3. The van der Waals surface area contributed by atoms with Crippen molar-refractivity contribution in [3.63, 3.8) is 0 Å². The molecule has 1 aromatic carbocycles. The Morgan fingerprint density at radius 1 is 1.30 bits per heavy atom. The molecule has 0 bridgehead atoms. The van der Waals surface area contributed by atoms with Crippen LogP contribution in [0.25, 0.3) is 0 Å². The fraction of sp³-hybridized carbons (Fsp3) is 0.438. The third kappa shape index (κ3) is 3.07. The Balaban J connectivity index is 2.22. The van der Waals surface area contributed by atoms with E-state index in [1.165, 1.54) is 6.07 Å². The Morgan fingerprint density at radius 2 is 2.05 bits per heavy atom. The summed E-state index contributed by atoms with van der Waals surface area (Å²) in [5, 5.41) is 14.7. The zero-order chi connectivity index (χ0) is 14.7. The maximum atomic E-state index is 13.9. The highest BCUT2D eigenvalue weighted by Crippen LogP contribution is 2.22. The first-order valence-corrected chi connectivity index (χ1v) is 7.04. The molecule has 1 N–H and O–H groups in total. The smallest absolute Gasteiger partial charge is 0.129 e. The van der Waals surface area contributed by atoms with E-state index < -0.39 is 6.10 Å². The average Bonchev–Trinajstić information content (AvgIpc) is 2.80. The lowest BCUT2D eigenvalue weighted by molar-refractivity contribution is 0.170. The summed E-state index contributed by atoms with van der Waals surface area (Å²) in [5.41, 5.74) is 3.14. The number of aliphatic hydroxyl groups is 1. The van der Waals surface area contributed by atoms with Crippen LogP contribution in [0.2, 0.25) is 0 Å². The predicted molar refractivity (Wildman–Crippen MR) is 77.1 cm³/mol. The Hall–Kier alpha value is -1.68. The number of rotatable bonds is 5. The van der Waals surface area contributed by atoms with Gasteiger partial charge in [-0.3, -0.25) is 4.68 Å². The first-order chi connectivity index (χ1) is 9.55. The van der Waals surface area contributed by atoms with Crippen LogP contribution in [-0.2, 0) is 19.4 Å². The Morgan fingerprint density at radius 3 is 2.65 bits per heavy atom. The highest BCUT2D eigenvalue weighted by atomic mass is 19.1. The standard InChI is InChI=1S/C16H21FN2O/c1-4-12-9-13(19(5-2)18-12)10-16(20)14-7-6-11(3)8-15(14)17/h6-9,16,20H,4-5,10H2,1-3H3. The van der Waals surface area contributed by atoms with Gasteiger partial charge in [-0.1, -0.05) is 19.1 Å². The molecular formula is C16H21FN2O. The molecule has 108 valence electrons. The van der Waals surface area contributed by atoms with Crippen molar-refractivity contribution < 1.29 is 9.50 Å². The zero-order valence-corrected chi connectivity index (χ0v) is 12.2. The number of hydrogen-bond donors (Lipinski definition) is 1. The summed E-state index contributed by atoms with van der Waals surface area (Å²) in [6.07, 6.45) is 0.387. The van der Waals surface area contributed by atoms with Crippen molar-refractivity contribution in [3.8, 4) is 0 Å². The van der Waals surface area contributed by atoms with E-state index >= 15 is 0 Å². The molecule has 1 heterocycles. The van der Waals surface area contributed by atoms with Gasteiger partial charge in [0.1, 0.15) is 5.82 Å². The molecule has 1 unspecified atom stereocenters. The van der Waals surface area contributed by atoms with Crippen molar-refractivity contribution in [1.82, 2.24) is 9.78 Å². The third-order valence-corrected chi connectivity index (χ3v) is 3.49. The number of nitrogens with zero attached hydrogens (tertiary/aromatic N) is 2. The first kappa shape index (κ1) is 14.7. The fourth-order valence-corrected chi connectivity index (χ4v) is 2.34. The lowest BCUT2D eigenvalue weighted by atomic mass is 10.0. The minimum absolute atomic E-state index is 0.345. The average molecular weight is 276 g/mol. The molecular weight excluding hydrogens is 255 g/mol. The Kier molecular flexibility index (Phi) is 4.55. The number of benzene rings is 1. The largest absolute Gasteiger partial charge is 0.388 e. The Bertz CT molecular complexity index is 592. The van der Waals surface area contributed by atoms with Crippen molar-refractivity contribution in [3.05, 3.63) is 52.6 Å². The van der Waals surface area contributed by atoms with Gasteiger partial charge >= 0.3 is 0 Å². The van der Waals surface area contributed by atoms with E-state index in [2.05, 4.69) is 5.10 Å². The molecule has 0 radical (unpaired) electrons. The van der Waals surface area contributed by atoms with Crippen LogP contribution in [-0.4, -0.2) is 14.9 Å². The van der Waals surface area contributed by atoms with Crippen molar-refractivity contribution in [1.29, 1.82) is 0 Å². The predicted octanol–water partition coefficient (Wildman–Crippen LogP) is 3.19. The maximum Gasteiger partial charge on any atom is 0.129 e. The summed E-state index contributed by atoms with van der Waals surface area (Å²) in [4.78, 5) is 0. The molecule has 0 saturated heterocycles. The van der Waals surface area contributed by atoms with Crippen LogP contribution in [0.15, 0.2) is 24.3 Å². The number of hydrogen-bond acceptors (Lipinski definition) is 2. The van der Waals surface area contributed by atoms with Gasteiger partial charge < -0.3 is 5.11 Å². The topological polar surface area (TPSA) is 38.0 Å². The molecule has 0 aliphatic rings. The first-order valence-electron chi connectivity index (χ1n) is 7.04. The highest BCUT2D eigenvalue weighted by molar-refractivity contribution is 5.26. The maximum absolute atomic E-state index is 13.9. The molecule has 0 saturated carbocycles. The molecule has 0 amide bonds. The number of aromatic nitrogens is 2. The molecule has 0 spiro atoms. The van der Waals surface area contributed by atoms with Crippen molar-refractivity contribution in [2.75, 3.05) is 0 Å². The molecule has 2 rings (SSSR count). The normalized spacial score (nSPS) is 12.7. The molecule has 0 aliphatic carbocycles. The quantitative estimate of drug-likeness (QED) is 0.910. The summed E-state index contributed by atoms with van der Waals surface area (Å²) in [6.45, 7) is 6.63. The van der Waals surface area contributed by atoms with Gasteiger partial charge in [0.2, 0.25) is 0 Å². The summed E-state index contributed by atoms with van der Waals surface area (Å²) in [6, 6.07) is 6.91. The second kappa shape index (κ2) is 6.18. The summed E-state index contributed by atoms with van der Waals surface area (Å²) in [7, 11) is 0. The summed E-state index contributed by atoms with van der Waals surface area (Å²) in [5.74, 6) is -0.351. The van der Waals surface area contributed by atoms with Gasteiger partial charge in [0, 0.05) is 24.2 Å². The second-order valence-corrected chi connectivity index (χ2v) is 5.04. The molecule has 0 aliphatic heterocycles. The van der Waals surface area contributed by atoms with E-state index in [1.54, 1.807) is 6.07 Å². The van der Waals surface area contributed by atoms with E-state index in [1.807, 2.05) is 37.6 Å². The van der Waals surface area contributed by atoms with Crippen molar-refractivity contribution >= 4 is 0 Å². The number of halogens is 1. The monoisotopic (exact) mass is 276 g/mol. The highest BCUT2D eigenvalue weighted by Gasteiger charge is 2.16. The van der Waals surface area contributed by atoms with E-state index in [-0.39, 0.29) is 5.82 Å². The lowest BCUT2D eigenvalue weighted by Crippen LogP contribution is -2.09. The van der Waals surface area contributed by atoms with Gasteiger partial charge in [-0.15, -0.1) is 0 Å². The number of aliphatic hydroxyl groups excluding tert-OH is 1. The molecule has 0 fully saturated rings. The van der Waals surface area contributed by atoms with Crippen LogP contribution in [0, 0.1) is 12.7 Å². The van der Waals surface area contributed by atoms with E-state index in [4.69, 9.17) is 0 Å². The van der Waals surface area contributed by atoms with Gasteiger partial charge in [-0.2, -0.15) is 5.10 Å². The van der Waals surface area contributed by atoms with Gasteiger partial charge in [-0.25, -0.2) is 4.39 Å². The molecule has 4 heteroatoms. The van der Waals surface area contributed by atoms with Gasteiger partial charge in [0.05, 0.1) is 11.8 Å². The fourth-order valence-electron chi connectivity index (χ4n) is 2.34. The third-order valence-electron chi connectivity index (χ3n) is 3.49. The van der Waals surface area contributed by atoms with E-state index in [0.717, 1.165) is 29.9 Å². The van der Waals surface area contributed by atoms with Crippen LogP contribution in [0.3, 0.4) is 0 Å².